The molecule has 0 unspecified atom stereocenters. The maximum Gasteiger partial charge on any atom is 0.217 e. The first-order valence-corrected chi connectivity index (χ1v) is 41.1. The number of ether oxygens (including phenoxy) is 19. The molecule has 6 amide bonds. The lowest BCUT2D eigenvalue weighted by molar-refractivity contribution is -0.405. The van der Waals surface area contributed by atoms with E-state index in [2.05, 4.69) is 31.9 Å². The molecule has 10 aliphatic heterocycles. The molecule has 32 N–H and O–H groups in total. The van der Waals surface area contributed by atoms with Crippen molar-refractivity contribution in [2.24, 2.45) is 0 Å². The van der Waals surface area contributed by atoms with Crippen LogP contribution in [0.4, 0.5) is 0 Å². The molecule has 10 aliphatic rings. The maximum atomic E-state index is 13.3. The van der Waals surface area contributed by atoms with E-state index in [9.17, 15) is 162 Å². The van der Waals surface area contributed by atoms with E-state index in [0.29, 0.717) is 0 Å². The summed E-state index contributed by atoms with van der Waals surface area (Å²) in [5, 5.41) is 309. The number of rotatable bonds is 34. The molecule has 10 rings (SSSR count). The van der Waals surface area contributed by atoms with E-state index >= 15 is 0 Å². The van der Waals surface area contributed by atoms with Crippen LogP contribution in [0, 0.1) is 0 Å². The Labute approximate surface area is 731 Å². The summed E-state index contributed by atoms with van der Waals surface area (Å²) in [4.78, 5) is 76.8. The average Bonchev–Trinajstić information content (AvgIpc) is 0.756. The average molecular weight is 1890 g/mol. The molecule has 0 aromatic carbocycles. The molecule has 0 aromatic rings. The lowest BCUT2D eigenvalue weighted by Gasteiger charge is -2.52. The molecule has 0 aromatic heterocycles. The number of carbonyl (C=O) groups is 6. The smallest absolute Gasteiger partial charge is 0.217 e. The molecular formula is C72H120N6O51. The summed E-state index contributed by atoms with van der Waals surface area (Å²) in [6.07, 6.45) is -94.8. The zero-order valence-electron chi connectivity index (χ0n) is 69.8. The van der Waals surface area contributed by atoms with Gasteiger partial charge in [-0.3, -0.25) is 28.8 Å². The SMILES string of the molecule is CC(=O)N[C@@H]1[C@@H](O)[C@H](O[C@@H]2O[C@H](CO)[C@@H](O[C@@H]3O[C@H](CO[C@H]4O[C@H](CO[C@@H]5O[C@H](CO)[C@@H](O)[C@H](O)[C@H]5NC(C)=O)[C@@H](O)[C@H](O)[C@@H]4O[C@@H]4O[C@H](CO)[C@@H](O)[C@H](O)[C@H]4NC(C)=O)[C@@H](O)[C@H](O[C@H]4O[C@H](CO)[C@@H](O[C@@H]5O[C@H](CO)[C@@H](O)[C@H](O)[C@H]5NC(C)=O)[C@H](O)[C@@H]4O[C@@H]4O[C@H](CO)[C@@H](O[C@@H]5O[C@H](CO)[C@H](O)[C@H](O)[C@H]5O)[C@H](O)[C@H]4NC(C)=O)[C@@H]3O)[C@H](O)[C@H]2NC(C)=O)[C@@H](CO)O[C@H]1O. The molecule has 10 saturated heterocycles. The monoisotopic (exact) mass is 1880 g/mol. The number of aliphatic hydroxyl groups excluding tert-OH is 26. The summed E-state index contributed by atoms with van der Waals surface area (Å²) in [6.45, 7) is -5.69. The first-order valence-electron chi connectivity index (χ1n) is 41.1. The summed E-state index contributed by atoms with van der Waals surface area (Å²) >= 11 is 0. The Hall–Kier alpha value is -4.98. The normalized spacial score (nSPS) is 47.5. The number of hydrogen-bond acceptors (Lipinski definition) is 51. The van der Waals surface area contributed by atoms with Gasteiger partial charge < -0.3 is 255 Å². The second-order valence-electron chi connectivity index (χ2n) is 32.5. The Balaban J connectivity index is 1.07. The molecule has 0 bridgehead atoms. The van der Waals surface area contributed by atoms with Gasteiger partial charge in [0.2, 0.25) is 35.4 Å². The van der Waals surface area contributed by atoms with E-state index in [0.717, 1.165) is 41.5 Å². The molecule has 0 radical (unpaired) electrons. The van der Waals surface area contributed by atoms with Gasteiger partial charge >= 0.3 is 0 Å². The number of carbonyl (C=O) groups excluding carboxylic acids is 6. The van der Waals surface area contributed by atoms with Crippen molar-refractivity contribution in [3.8, 4) is 0 Å². The summed E-state index contributed by atoms with van der Waals surface area (Å²) in [7, 11) is 0. The van der Waals surface area contributed by atoms with Gasteiger partial charge in [0.1, 0.15) is 244 Å². The van der Waals surface area contributed by atoms with E-state index < -0.39 is 408 Å². The molecule has 57 nitrogen and oxygen atoms in total. The third kappa shape index (κ3) is 24.2. The van der Waals surface area contributed by atoms with Gasteiger partial charge in [-0.1, -0.05) is 0 Å². The fourth-order valence-corrected chi connectivity index (χ4v) is 16.6. The lowest BCUT2D eigenvalue weighted by atomic mass is 9.93. The second kappa shape index (κ2) is 46.7. The van der Waals surface area contributed by atoms with Gasteiger partial charge in [0, 0.05) is 41.5 Å². The molecule has 0 aliphatic carbocycles. The summed E-state index contributed by atoms with van der Waals surface area (Å²) < 4.78 is 115. The molecular weight excluding hydrogens is 1760 g/mol. The van der Waals surface area contributed by atoms with E-state index in [1.807, 2.05) is 0 Å². The quantitative estimate of drug-likeness (QED) is 0.0284. The molecule has 50 atom stereocenters. The Bertz CT molecular complexity index is 3570. The van der Waals surface area contributed by atoms with Gasteiger partial charge in [-0.15, -0.1) is 0 Å². The molecule has 0 spiro atoms. The minimum absolute atomic E-state index is 0.820. The zero-order chi connectivity index (χ0) is 95.1. The summed E-state index contributed by atoms with van der Waals surface area (Å²) in [6, 6.07) is -11.2. The van der Waals surface area contributed by atoms with Gasteiger partial charge in [0.15, 0.2) is 62.9 Å². The molecule has 744 valence electrons. The number of hydrogen-bond donors (Lipinski definition) is 32. The van der Waals surface area contributed by atoms with Crippen molar-refractivity contribution in [1.29, 1.82) is 0 Å². The highest BCUT2D eigenvalue weighted by atomic mass is 16.8. The van der Waals surface area contributed by atoms with Crippen LogP contribution in [0.5, 0.6) is 0 Å². The standard InChI is InChI=1S/C72H120N6O51/c1-17(87)73-33-48(102)56(27(11-83)113-63(33)110)123-67-37(77-21(5)91)49(103)58(29(13-85)118-67)126-70-55(109)60(44(98)32(121-70)16-112-71-61(128-66-36(76-20(4)90)47(101)41(95)25(9-81)116-66)52(106)43(97)31(122-71)15-111-64-34(74-18(2)88)45(99)39(93)23(7-79)114-64)127-72-62(54(108)59(30(14-86)120-72)124-65-35(75-19(3)89)46(100)40(94)24(8-80)115-65)129-68-38(78-22(6)92)50(104)57(28(12-84)119-68)125-69-53(107)51(105)42(96)26(10-82)117-69/h23-72,79-86,93-110H,7-16H2,1-6H3,(H,73,87)(H,74,88)(H,75,89)(H,76,90)(H,77,91)(H,78,92)/t23-,24-,25-,26-,27-,28-,29-,30-,31-,32-,33-,34-,35-,36-,37-,38-,39-,40-,41-,42+,43-,44-,45-,46-,47-,48-,49-,50-,51+,52+,53-,54+,55+,56-,57-,58-,59-,60+,61+,62+,63-,64-,65+,66+,67+,68+,69+,70+,71+,72-/m1/s1. The second-order valence-corrected chi connectivity index (χ2v) is 32.5. The van der Waals surface area contributed by atoms with Gasteiger partial charge in [-0.25, -0.2) is 0 Å². The van der Waals surface area contributed by atoms with Crippen LogP contribution in [0.3, 0.4) is 0 Å². The predicted octanol–water partition coefficient (Wildman–Crippen LogP) is -21.9. The van der Waals surface area contributed by atoms with Crippen molar-refractivity contribution in [3.63, 3.8) is 0 Å². The fraction of sp³-hybridized carbons (Fsp3) is 0.917. The Morgan fingerprint density at radius 1 is 0.202 bits per heavy atom. The predicted molar refractivity (Wildman–Crippen MR) is 399 cm³/mol. The van der Waals surface area contributed by atoms with E-state index in [1.54, 1.807) is 0 Å². The van der Waals surface area contributed by atoms with Crippen LogP contribution in [0.15, 0.2) is 0 Å². The van der Waals surface area contributed by atoms with Crippen molar-refractivity contribution < 1.29 is 252 Å². The van der Waals surface area contributed by atoms with E-state index in [1.165, 1.54) is 0 Å². The first kappa shape index (κ1) is 106. The fourth-order valence-electron chi connectivity index (χ4n) is 16.6. The van der Waals surface area contributed by atoms with Crippen molar-refractivity contribution >= 4 is 35.4 Å². The van der Waals surface area contributed by atoms with Gasteiger partial charge in [0.25, 0.3) is 0 Å². The molecule has 0 saturated carbocycles. The number of amides is 6. The van der Waals surface area contributed by atoms with Gasteiger partial charge in [-0.2, -0.15) is 0 Å². The Morgan fingerprint density at radius 3 is 0.829 bits per heavy atom. The molecule has 129 heavy (non-hydrogen) atoms. The minimum atomic E-state index is -2.73. The van der Waals surface area contributed by atoms with Crippen LogP contribution in [-0.2, 0) is 119 Å². The molecule has 10 heterocycles. The van der Waals surface area contributed by atoms with Crippen LogP contribution in [-0.4, -0.2) is 541 Å². The van der Waals surface area contributed by atoms with Crippen molar-refractivity contribution in [2.75, 3.05) is 66.1 Å². The highest BCUT2D eigenvalue weighted by Crippen LogP contribution is 2.41. The Kier molecular flexibility index (Phi) is 38.4. The van der Waals surface area contributed by atoms with Crippen LogP contribution in [0.25, 0.3) is 0 Å². The third-order valence-corrected chi connectivity index (χ3v) is 23.3. The number of aliphatic hydroxyl groups is 26. The topological polar surface area (TPSA) is 876 Å². The third-order valence-electron chi connectivity index (χ3n) is 23.3. The lowest BCUT2D eigenvalue weighted by Crippen LogP contribution is -2.71. The largest absolute Gasteiger partial charge is 0.394 e. The van der Waals surface area contributed by atoms with Crippen molar-refractivity contribution in [3.05, 3.63) is 0 Å². The van der Waals surface area contributed by atoms with Crippen LogP contribution in [0.2, 0.25) is 0 Å². The van der Waals surface area contributed by atoms with Crippen molar-refractivity contribution in [1.82, 2.24) is 31.9 Å². The Morgan fingerprint density at radius 2 is 0.442 bits per heavy atom. The first-order chi connectivity index (χ1) is 61.0. The molecule has 57 heteroatoms. The van der Waals surface area contributed by atoms with Crippen LogP contribution in [0.1, 0.15) is 41.5 Å². The maximum absolute atomic E-state index is 13.3. The van der Waals surface area contributed by atoms with E-state index in [-0.39, 0.29) is 0 Å². The highest BCUT2D eigenvalue weighted by molar-refractivity contribution is 5.75. The number of nitrogens with one attached hydrogen (secondary N) is 6. The van der Waals surface area contributed by atoms with Crippen LogP contribution >= 0.6 is 0 Å². The van der Waals surface area contributed by atoms with Gasteiger partial charge in [-0.05, 0) is 0 Å². The highest BCUT2D eigenvalue weighted by Gasteiger charge is 2.62. The summed E-state index contributed by atoms with van der Waals surface area (Å²) in [5.41, 5.74) is 0. The molecule has 10 fully saturated rings. The zero-order valence-corrected chi connectivity index (χ0v) is 69.8. The van der Waals surface area contributed by atoms with Gasteiger partial charge in [0.05, 0.1) is 66.1 Å². The van der Waals surface area contributed by atoms with Crippen molar-refractivity contribution in [2.45, 2.75) is 348 Å². The minimum Gasteiger partial charge on any atom is -0.394 e. The van der Waals surface area contributed by atoms with Crippen LogP contribution < -0.4 is 31.9 Å². The summed E-state index contributed by atoms with van der Waals surface area (Å²) in [5.74, 6) is -5.52. The van der Waals surface area contributed by atoms with E-state index in [4.69, 9.17) is 90.0 Å².